The van der Waals surface area contributed by atoms with Crippen LogP contribution in [-0.4, -0.2) is 55.4 Å². The van der Waals surface area contributed by atoms with E-state index in [1.165, 1.54) is 0 Å². The second-order valence-corrected chi connectivity index (χ2v) is 7.66. The van der Waals surface area contributed by atoms with E-state index in [0.29, 0.717) is 0 Å². The molecule has 1 saturated heterocycles. The van der Waals surface area contributed by atoms with E-state index in [0.717, 1.165) is 51.5 Å². The van der Waals surface area contributed by atoms with Crippen molar-refractivity contribution in [3.63, 3.8) is 0 Å². The van der Waals surface area contributed by atoms with Crippen LogP contribution < -0.4 is 5.32 Å². The molecule has 2 rings (SSSR count). The average Bonchev–Trinajstić information content (AvgIpc) is 2.90. The third kappa shape index (κ3) is 4.15. The molecule has 0 amide bonds. The van der Waals surface area contributed by atoms with Crippen molar-refractivity contribution < 1.29 is 13.5 Å². The van der Waals surface area contributed by atoms with Crippen molar-refractivity contribution in [2.75, 3.05) is 25.4 Å². The van der Waals surface area contributed by atoms with Gasteiger partial charge in [0.15, 0.2) is 0 Å². The van der Waals surface area contributed by atoms with Crippen molar-refractivity contribution in [3.05, 3.63) is 0 Å². The van der Waals surface area contributed by atoms with E-state index < -0.39 is 10.0 Å². The van der Waals surface area contributed by atoms with E-state index in [2.05, 4.69) is 5.32 Å². The number of piperidine rings is 1. The first-order chi connectivity index (χ1) is 9.13. The molecular weight excluding hydrogens is 264 g/mol. The lowest BCUT2D eigenvalue weighted by atomic mass is 10.1. The summed E-state index contributed by atoms with van der Waals surface area (Å²) in [4.78, 5) is 0. The molecule has 2 aliphatic rings. The zero-order valence-electron chi connectivity index (χ0n) is 11.6. The molecule has 1 atom stereocenters. The fourth-order valence-electron chi connectivity index (χ4n) is 3.26. The summed E-state index contributed by atoms with van der Waals surface area (Å²) in [5.74, 6) is 0.184. The van der Waals surface area contributed by atoms with Gasteiger partial charge in [-0.05, 0) is 32.2 Å². The number of hydrogen-bond donors (Lipinski definition) is 2. The zero-order chi connectivity index (χ0) is 13.7. The van der Waals surface area contributed by atoms with Gasteiger partial charge < -0.3 is 10.4 Å². The van der Waals surface area contributed by atoms with Gasteiger partial charge in [0.1, 0.15) is 0 Å². The van der Waals surface area contributed by atoms with Gasteiger partial charge >= 0.3 is 0 Å². The molecule has 0 aromatic heterocycles. The molecule has 2 N–H and O–H groups in total. The summed E-state index contributed by atoms with van der Waals surface area (Å²) < 4.78 is 26.7. The standard InChI is InChI=1S/C13H26N2O3S/c16-10-9-15(13-6-1-2-7-13)19(17,18)11-12-5-3-4-8-14-12/h12-14,16H,1-11H2. The van der Waals surface area contributed by atoms with Crippen molar-refractivity contribution in [1.29, 1.82) is 0 Å². The summed E-state index contributed by atoms with van der Waals surface area (Å²) in [6.07, 6.45) is 7.27. The Hall–Kier alpha value is -0.170. The minimum Gasteiger partial charge on any atom is -0.395 e. The normalized spacial score (nSPS) is 26.1. The number of rotatable bonds is 6. The van der Waals surface area contributed by atoms with Crippen LogP contribution >= 0.6 is 0 Å². The Morgan fingerprint density at radius 3 is 2.37 bits per heavy atom. The fourth-order valence-corrected chi connectivity index (χ4v) is 5.27. The Bertz CT molecular complexity index is 360. The van der Waals surface area contributed by atoms with Gasteiger partial charge in [0, 0.05) is 18.6 Å². The van der Waals surface area contributed by atoms with E-state index in [1.54, 1.807) is 4.31 Å². The maximum atomic E-state index is 12.6. The van der Waals surface area contributed by atoms with Crippen LogP contribution in [0.1, 0.15) is 44.9 Å². The van der Waals surface area contributed by atoms with Gasteiger partial charge in [0.25, 0.3) is 0 Å². The van der Waals surface area contributed by atoms with Crippen molar-refractivity contribution in [2.24, 2.45) is 0 Å². The van der Waals surface area contributed by atoms with Crippen molar-refractivity contribution in [3.8, 4) is 0 Å². The molecule has 5 nitrogen and oxygen atoms in total. The summed E-state index contributed by atoms with van der Waals surface area (Å²) in [6, 6.07) is 0.196. The van der Waals surface area contributed by atoms with Gasteiger partial charge in [-0.2, -0.15) is 4.31 Å². The first-order valence-electron chi connectivity index (χ1n) is 7.47. The number of hydrogen-bond acceptors (Lipinski definition) is 4. The van der Waals surface area contributed by atoms with Gasteiger partial charge in [-0.15, -0.1) is 0 Å². The highest BCUT2D eigenvalue weighted by molar-refractivity contribution is 7.89. The zero-order valence-corrected chi connectivity index (χ0v) is 12.4. The summed E-state index contributed by atoms with van der Waals surface area (Å²) >= 11 is 0. The molecule has 1 unspecified atom stereocenters. The third-order valence-corrected chi connectivity index (χ3v) is 6.25. The second kappa shape index (κ2) is 7.02. The Morgan fingerprint density at radius 2 is 1.79 bits per heavy atom. The fraction of sp³-hybridized carbons (Fsp3) is 1.00. The van der Waals surface area contributed by atoms with Crippen LogP contribution in [0.2, 0.25) is 0 Å². The number of aliphatic hydroxyl groups is 1. The number of nitrogens with zero attached hydrogens (tertiary/aromatic N) is 1. The molecule has 1 aliphatic carbocycles. The van der Waals surface area contributed by atoms with Gasteiger partial charge in [-0.3, -0.25) is 0 Å². The maximum absolute atomic E-state index is 12.6. The predicted octanol–water partition coefficient (Wildman–Crippen LogP) is 0.695. The molecule has 19 heavy (non-hydrogen) atoms. The highest BCUT2D eigenvalue weighted by Gasteiger charge is 2.33. The smallest absolute Gasteiger partial charge is 0.215 e. The van der Waals surface area contributed by atoms with Crippen molar-refractivity contribution in [2.45, 2.75) is 57.0 Å². The molecule has 0 spiro atoms. The molecule has 6 heteroatoms. The Kier molecular flexibility index (Phi) is 5.62. The molecule has 112 valence electrons. The maximum Gasteiger partial charge on any atom is 0.215 e. The first-order valence-corrected chi connectivity index (χ1v) is 9.08. The van der Waals surface area contributed by atoms with Crippen molar-refractivity contribution >= 4 is 10.0 Å². The van der Waals surface area contributed by atoms with Crippen LogP contribution in [0.4, 0.5) is 0 Å². The molecule has 0 radical (unpaired) electrons. The van der Waals surface area contributed by atoms with Gasteiger partial charge in [0.2, 0.25) is 10.0 Å². The predicted molar refractivity (Wildman–Crippen MR) is 75.5 cm³/mol. The topological polar surface area (TPSA) is 69.6 Å². The van der Waals surface area contributed by atoms with Crippen molar-refractivity contribution in [1.82, 2.24) is 9.62 Å². The van der Waals surface area contributed by atoms with Gasteiger partial charge in [-0.25, -0.2) is 8.42 Å². The summed E-state index contributed by atoms with van der Waals surface area (Å²) in [7, 11) is -3.26. The largest absolute Gasteiger partial charge is 0.395 e. The summed E-state index contributed by atoms with van der Waals surface area (Å²) in [5.41, 5.74) is 0. The lowest BCUT2D eigenvalue weighted by Crippen LogP contribution is -2.47. The Morgan fingerprint density at radius 1 is 1.11 bits per heavy atom. The lowest BCUT2D eigenvalue weighted by molar-refractivity contribution is 0.225. The highest BCUT2D eigenvalue weighted by atomic mass is 32.2. The number of nitrogens with one attached hydrogen (secondary N) is 1. The molecule has 1 aliphatic heterocycles. The first kappa shape index (κ1) is 15.2. The number of sulfonamides is 1. The summed E-state index contributed by atoms with van der Waals surface area (Å²) in [6.45, 7) is 1.08. The molecule has 1 heterocycles. The second-order valence-electron chi connectivity index (χ2n) is 5.70. The molecule has 0 aromatic carbocycles. The van der Waals surface area contributed by atoms with Crippen LogP contribution in [-0.2, 0) is 10.0 Å². The van der Waals surface area contributed by atoms with Crippen LogP contribution in [0.15, 0.2) is 0 Å². The number of aliphatic hydroxyl groups excluding tert-OH is 1. The lowest BCUT2D eigenvalue weighted by Gasteiger charge is -2.30. The third-order valence-electron chi connectivity index (χ3n) is 4.23. The minimum atomic E-state index is -3.26. The van der Waals surface area contributed by atoms with Crippen LogP contribution in [0.3, 0.4) is 0 Å². The van der Waals surface area contributed by atoms with E-state index in [-0.39, 0.29) is 31.0 Å². The monoisotopic (exact) mass is 290 g/mol. The average molecular weight is 290 g/mol. The molecule has 2 fully saturated rings. The van der Waals surface area contributed by atoms with E-state index in [9.17, 15) is 8.42 Å². The quantitative estimate of drug-likeness (QED) is 0.755. The highest BCUT2D eigenvalue weighted by Crippen LogP contribution is 2.26. The molecule has 0 aromatic rings. The van der Waals surface area contributed by atoms with E-state index >= 15 is 0 Å². The SMILES string of the molecule is O=S(=O)(CC1CCCCN1)N(CCO)C1CCCC1. The Balaban J connectivity index is 2.00. The van der Waals surface area contributed by atoms with Crippen LogP contribution in [0.25, 0.3) is 0 Å². The van der Waals surface area contributed by atoms with Crippen LogP contribution in [0, 0.1) is 0 Å². The Labute approximate surface area is 116 Å². The van der Waals surface area contributed by atoms with Gasteiger partial charge in [-0.1, -0.05) is 19.3 Å². The minimum absolute atomic E-state index is 0.0846. The molecular formula is C13H26N2O3S. The summed E-state index contributed by atoms with van der Waals surface area (Å²) in [5, 5.41) is 12.4. The molecule has 0 bridgehead atoms. The van der Waals surface area contributed by atoms with Gasteiger partial charge in [0.05, 0.1) is 12.4 Å². The van der Waals surface area contributed by atoms with Crippen LogP contribution in [0.5, 0.6) is 0 Å². The van der Waals surface area contributed by atoms with E-state index in [4.69, 9.17) is 5.11 Å². The molecule has 1 saturated carbocycles. The van der Waals surface area contributed by atoms with E-state index in [1.807, 2.05) is 0 Å².